The summed E-state index contributed by atoms with van der Waals surface area (Å²) in [5.74, 6) is 0.624. The van der Waals surface area contributed by atoms with Gasteiger partial charge in [0.2, 0.25) is 0 Å². The molecule has 21 heavy (non-hydrogen) atoms. The maximum absolute atomic E-state index is 10.1. The molecule has 0 spiro atoms. The van der Waals surface area contributed by atoms with E-state index in [4.69, 9.17) is 10.5 Å². The average Bonchev–Trinajstić information content (AvgIpc) is 2.54. The van der Waals surface area contributed by atoms with E-state index in [0.29, 0.717) is 18.7 Å². The molecule has 0 aromatic heterocycles. The first-order chi connectivity index (χ1) is 10.2. The minimum Gasteiger partial charge on any atom is -0.491 e. The van der Waals surface area contributed by atoms with Crippen LogP contribution in [0, 0.1) is 0 Å². The van der Waals surface area contributed by atoms with E-state index in [1.807, 2.05) is 42.5 Å². The second-order valence-electron chi connectivity index (χ2n) is 4.90. The van der Waals surface area contributed by atoms with E-state index >= 15 is 0 Å². The molecular weight excluding hydrogens is 266 g/mol. The Morgan fingerprint density at radius 1 is 0.905 bits per heavy atom. The third-order valence-electron chi connectivity index (χ3n) is 3.28. The van der Waals surface area contributed by atoms with E-state index in [1.54, 1.807) is 12.1 Å². The van der Waals surface area contributed by atoms with Gasteiger partial charge in [-0.25, -0.2) is 0 Å². The highest BCUT2D eigenvalue weighted by Gasteiger charge is 2.10. The molecule has 2 aromatic carbocycles. The zero-order valence-electron chi connectivity index (χ0n) is 11.9. The van der Waals surface area contributed by atoms with E-state index in [0.717, 1.165) is 11.1 Å². The lowest BCUT2D eigenvalue weighted by molar-refractivity contribution is 0.108. The Balaban J connectivity index is 1.95. The van der Waals surface area contributed by atoms with Crippen LogP contribution in [0.1, 0.15) is 29.8 Å². The van der Waals surface area contributed by atoms with Crippen LogP contribution >= 0.6 is 0 Å². The molecule has 4 heteroatoms. The summed E-state index contributed by atoms with van der Waals surface area (Å²) in [4.78, 5) is 0. The minimum atomic E-state index is -0.677. The largest absolute Gasteiger partial charge is 0.491 e. The van der Waals surface area contributed by atoms with Crippen molar-refractivity contribution in [3.63, 3.8) is 0 Å². The quantitative estimate of drug-likeness (QED) is 0.729. The maximum Gasteiger partial charge on any atom is 0.119 e. The molecule has 0 bridgehead atoms. The second-order valence-corrected chi connectivity index (χ2v) is 4.90. The Labute approximate surface area is 124 Å². The van der Waals surface area contributed by atoms with Gasteiger partial charge in [-0.1, -0.05) is 42.5 Å². The number of aliphatic hydroxyl groups is 2. The number of nitrogens with two attached hydrogens (primary N) is 1. The van der Waals surface area contributed by atoms with Crippen molar-refractivity contribution in [1.82, 2.24) is 0 Å². The topological polar surface area (TPSA) is 75.7 Å². The maximum atomic E-state index is 10.1. The van der Waals surface area contributed by atoms with Gasteiger partial charge in [-0.15, -0.1) is 0 Å². The first kappa shape index (κ1) is 15.5. The predicted molar refractivity (Wildman–Crippen MR) is 82.0 cm³/mol. The minimum absolute atomic E-state index is 0.167. The van der Waals surface area contributed by atoms with Crippen LogP contribution in [0.4, 0.5) is 0 Å². The molecule has 0 saturated carbocycles. The van der Waals surface area contributed by atoms with Crippen molar-refractivity contribution < 1.29 is 14.9 Å². The van der Waals surface area contributed by atoms with Gasteiger partial charge >= 0.3 is 0 Å². The summed E-state index contributed by atoms with van der Waals surface area (Å²) in [5.41, 5.74) is 7.03. The van der Waals surface area contributed by atoms with Crippen molar-refractivity contribution in [3.05, 3.63) is 65.7 Å². The fraction of sp³-hybridized carbons (Fsp3) is 0.294. The van der Waals surface area contributed by atoms with Gasteiger partial charge in [0, 0.05) is 0 Å². The van der Waals surface area contributed by atoms with Gasteiger partial charge in [0.1, 0.15) is 18.5 Å². The fourth-order valence-electron chi connectivity index (χ4n) is 2.08. The lowest BCUT2D eigenvalue weighted by atomic mass is 10.1. The van der Waals surface area contributed by atoms with Crippen molar-refractivity contribution in [1.29, 1.82) is 0 Å². The van der Waals surface area contributed by atoms with Crippen LogP contribution < -0.4 is 10.5 Å². The first-order valence-corrected chi connectivity index (χ1v) is 7.04. The summed E-state index contributed by atoms with van der Waals surface area (Å²) >= 11 is 0. The zero-order chi connectivity index (χ0) is 15.1. The number of hydrogen-bond acceptors (Lipinski definition) is 4. The normalized spacial score (nSPS) is 13.7. The summed E-state index contributed by atoms with van der Waals surface area (Å²) in [5, 5.41) is 20.0. The van der Waals surface area contributed by atoms with Gasteiger partial charge in [0.05, 0.1) is 6.10 Å². The van der Waals surface area contributed by atoms with Crippen LogP contribution in [0.5, 0.6) is 5.75 Å². The Hall–Kier alpha value is -1.88. The molecule has 2 rings (SSSR count). The molecule has 0 radical (unpaired) electrons. The van der Waals surface area contributed by atoms with Gasteiger partial charge < -0.3 is 20.7 Å². The summed E-state index contributed by atoms with van der Waals surface area (Å²) in [6.45, 7) is 0.597. The molecule has 0 aliphatic heterocycles. The molecule has 0 amide bonds. The Morgan fingerprint density at radius 3 is 2.33 bits per heavy atom. The first-order valence-electron chi connectivity index (χ1n) is 7.04. The van der Waals surface area contributed by atoms with E-state index < -0.39 is 12.2 Å². The van der Waals surface area contributed by atoms with E-state index in [1.165, 1.54) is 0 Å². The molecule has 2 unspecified atom stereocenters. The third-order valence-corrected chi connectivity index (χ3v) is 3.28. The molecule has 0 heterocycles. The number of ether oxygens (including phenoxy) is 1. The van der Waals surface area contributed by atoms with Gasteiger partial charge in [-0.2, -0.15) is 0 Å². The van der Waals surface area contributed by atoms with Crippen molar-refractivity contribution in [2.45, 2.75) is 18.6 Å². The fourth-order valence-corrected chi connectivity index (χ4v) is 2.08. The second kappa shape index (κ2) is 7.78. The SMILES string of the molecule is NCCC(O)c1cccc(OCC(O)c2ccccc2)c1. The molecule has 112 valence electrons. The molecule has 0 saturated heterocycles. The lowest BCUT2D eigenvalue weighted by Crippen LogP contribution is -2.10. The lowest BCUT2D eigenvalue weighted by Gasteiger charge is -2.15. The Morgan fingerprint density at radius 2 is 1.62 bits per heavy atom. The van der Waals surface area contributed by atoms with Gasteiger partial charge in [0.25, 0.3) is 0 Å². The number of benzene rings is 2. The molecule has 0 fully saturated rings. The summed E-state index contributed by atoms with van der Waals surface area (Å²) < 4.78 is 5.60. The van der Waals surface area contributed by atoms with Gasteiger partial charge in [-0.05, 0) is 36.2 Å². The highest BCUT2D eigenvalue weighted by atomic mass is 16.5. The van der Waals surface area contributed by atoms with E-state index in [-0.39, 0.29) is 6.61 Å². The van der Waals surface area contributed by atoms with E-state index in [2.05, 4.69) is 0 Å². The number of rotatable bonds is 7. The van der Waals surface area contributed by atoms with E-state index in [9.17, 15) is 10.2 Å². The van der Waals surface area contributed by atoms with Crippen LogP contribution in [0.25, 0.3) is 0 Å². The number of aliphatic hydroxyl groups excluding tert-OH is 2. The summed E-state index contributed by atoms with van der Waals surface area (Å²) in [7, 11) is 0. The van der Waals surface area contributed by atoms with Crippen molar-refractivity contribution in [2.75, 3.05) is 13.2 Å². The Kier molecular flexibility index (Phi) is 5.75. The van der Waals surface area contributed by atoms with Crippen molar-refractivity contribution >= 4 is 0 Å². The molecule has 2 aromatic rings. The van der Waals surface area contributed by atoms with Crippen LogP contribution in [-0.2, 0) is 0 Å². The number of hydrogen-bond donors (Lipinski definition) is 3. The zero-order valence-corrected chi connectivity index (χ0v) is 11.9. The average molecular weight is 287 g/mol. The van der Waals surface area contributed by atoms with Crippen LogP contribution in [0.3, 0.4) is 0 Å². The molecule has 4 N–H and O–H groups in total. The van der Waals surface area contributed by atoms with Crippen LogP contribution in [-0.4, -0.2) is 23.4 Å². The van der Waals surface area contributed by atoms with Gasteiger partial charge in [-0.3, -0.25) is 0 Å². The smallest absolute Gasteiger partial charge is 0.119 e. The highest BCUT2D eigenvalue weighted by molar-refractivity contribution is 5.30. The molecule has 0 aliphatic rings. The Bertz CT molecular complexity index is 545. The van der Waals surface area contributed by atoms with Crippen LogP contribution in [0.15, 0.2) is 54.6 Å². The summed E-state index contributed by atoms with van der Waals surface area (Å²) in [6, 6.07) is 16.6. The molecule has 2 atom stereocenters. The van der Waals surface area contributed by atoms with Gasteiger partial charge in [0.15, 0.2) is 0 Å². The van der Waals surface area contributed by atoms with Crippen molar-refractivity contribution in [3.8, 4) is 5.75 Å². The highest BCUT2D eigenvalue weighted by Crippen LogP contribution is 2.22. The van der Waals surface area contributed by atoms with Crippen molar-refractivity contribution in [2.24, 2.45) is 5.73 Å². The van der Waals surface area contributed by atoms with Crippen LogP contribution in [0.2, 0.25) is 0 Å². The molecule has 4 nitrogen and oxygen atoms in total. The third kappa shape index (κ3) is 4.56. The molecule has 0 aliphatic carbocycles. The summed E-state index contributed by atoms with van der Waals surface area (Å²) in [6.07, 6.45) is -0.753. The monoisotopic (exact) mass is 287 g/mol. The standard InChI is InChI=1S/C17H21NO3/c18-10-9-16(19)14-7-4-8-15(11-14)21-12-17(20)13-5-2-1-3-6-13/h1-8,11,16-17,19-20H,9-10,12,18H2. The molecular formula is C17H21NO3. The predicted octanol–water partition coefficient (Wildman–Crippen LogP) is 2.18.